The van der Waals surface area contributed by atoms with Crippen molar-refractivity contribution < 1.29 is 24.1 Å². The minimum atomic E-state index is -0.865. The Labute approximate surface area is 203 Å². The number of phenols is 1. The van der Waals surface area contributed by atoms with Gasteiger partial charge < -0.3 is 20.3 Å². The third-order valence-corrected chi connectivity index (χ3v) is 7.16. The number of rotatable bonds is 6. The van der Waals surface area contributed by atoms with Crippen LogP contribution in [0.2, 0.25) is 0 Å². The van der Waals surface area contributed by atoms with Gasteiger partial charge in [0.2, 0.25) is 5.95 Å². The number of fused-ring (bicyclic) bond motifs is 1. The average molecular weight is 486 g/mol. The molecular weight excluding hydrogens is 453 g/mol. The second-order valence-corrected chi connectivity index (χ2v) is 9.58. The van der Waals surface area contributed by atoms with E-state index in [0.29, 0.717) is 29.7 Å². The molecule has 10 heteroatoms. The van der Waals surface area contributed by atoms with Crippen LogP contribution in [0.4, 0.5) is 26.6 Å². The zero-order valence-electron chi connectivity index (χ0n) is 19.9. The van der Waals surface area contributed by atoms with Crippen molar-refractivity contribution in [1.29, 1.82) is 0 Å². The summed E-state index contributed by atoms with van der Waals surface area (Å²) in [7, 11) is 0. The van der Waals surface area contributed by atoms with E-state index in [1.165, 1.54) is 17.0 Å². The van der Waals surface area contributed by atoms with Gasteiger partial charge in [0.15, 0.2) is 11.6 Å². The summed E-state index contributed by atoms with van der Waals surface area (Å²) in [4.78, 5) is 26.0. The Kier molecular flexibility index (Phi) is 6.64. The van der Waals surface area contributed by atoms with Gasteiger partial charge in [0.25, 0.3) is 0 Å². The number of anilines is 3. The summed E-state index contributed by atoms with van der Waals surface area (Å²) in [6.07, 6.45) is 8.30. The molecule has 1 aromatic heterocycles. The average Bonchev–Trinajstić information content (AvgIpc) is 3.37. The van der Waals surface area contributed by atoms with Gasteiger partial charge in [-0.05, 0) is 45.4 Å². The maximum atomic E-state index is 15.0. The maximum Gasteiger partial charge on any atom is 0.330 e. The van der Waals surface area contributed by atoms with Crippen LogP contribution in [-0.4, -0.2) is 51.0 Å². The van der Waals surface area contributed by atoms with E-state index in [-0.39, 0.29) is 36.5 Å². The third kappa shape index (κ3) is 4.71. The third-order valence-electron chi connectivity index (χ3n) is 7.16. The number of phenolic OH excluding ortho intramolecular Hbond substituents is 1. The smallest absolute Gasteiger partial charge is 0.330 e. The number of aromatic hydroxyl groups is 1. The van der Waals surface area contributed by atoms with Gasteiger partial charge in [-0.3, -0.25) is 9.80 Å². The number of nitrogens with zero attached hydrogens (tertiary/aromatic N) is 4. The lowest BCUT2D eigenvalue weighted by molar-refractivity contribution is 0.126. The van der Waals surface area contributed by atoms with E-state index in [0.717, 1.165) is 51.4 Å². The summed E-state index contributed by atoms with van der Waals surface area (Å²) >= 11 is 0. The molecule has 35 heavy (non-hydrogen) atoms. The number of amides is 2. The number of hydrogen-bond acceptors (Lipinski definition) is 7. The van der Waals surface area contributed by atoms with Gasteiger partial charge in [0.05, 0.1) is 24.9 Å². The predicted molar refractivity (Wildman–Crippen MR) is 129 cm³/mol. The molecule has 3 N–H and O–H groups in total. The lowest BCUT2D eigenvalue weighted by Crippen LogP contribution is -2.52. The molecule has 2 aliphatic carbocycles. The molecule has 0 unspecified atom stereocenters. The van der Waals surface area contributed by atoms with Gasteiger partial charge in [-0.25, -0.2) is 14.2 Å². The van der Waals surface area contributed by atoms with Crippen molar-refractivity contribution in [2.24, 2.45) is 0 Å². The summed E-state index contributed by atoms with van der Waals surface area (Å²) in [5, 5.41) is 23.3. The van der Waals surface area contributed by atoms with E-state index in [1.807, 2.05) is 0 Å². The highest BCUT2D eigenvalue weighted by atomic mass is 19.1. The summed E-state index contributed by atoms with van der Waals surface area (Å²) in [5.74, 6) is -0.130. The molecule has 3 aliphatic rings. The number of aliphatic hydroxyl groups excluding tert-OH is 1. The molecular formula is C25H32FN5O4. The number of aliphatic hydroxyl groups is 1. The monoisotopic (exact) mass is 485 g/mol. The van der Waals surface area contributed by atoms with Crippen LogP contribution in [-0.2, 0) is 6.54 Å². The molecule has 2 fully saturated rings. The molecule has 0 atom stereocenters. The van der Waals surface area contributed by atoms with Crippen molar-refractivity contribution in [3.8, 4) is 11.5 Å². The first-order chi connectivity index (χ1) is 16.9. The summed E-state index contributed by atoms with van der Waals surface area (Å²) < 4.78 is 20.5. The van der Waals surface area contributed by atoms with E-state index in [2.05, 4.69) is 10.3 Å². The number of ether oxygens (including phenoxy) is 1. The Morgan fingerprint density at radius 1 is 1.17 bits per heavy atom. The largest absolute Gasteiger partial charge is 0.505 e. The first-order valence-corrected chi connectivity index (χ1v) is 12.5. The van der Waals surface area contributed by atoms with Gasteiger partial charge >= 0.3 is 6.03 Å². The standard InChI is InChI=1S/C25H32FN5O4/c1-2-35-19-11-20(22(26)21(33)12-19)30-14-15-13-27-24(28-16-7-9-18(32)10-8-16)29-23(15)31(25(30)34)17-5-3-4-6-17/h11-13,16-18,32-33H,2-10,14H2,1H3,(H,27,28,29). The number of carbonyl (C=O) groups excluding carboxylic acids is 1. The van der Waals surface area contributed by atoms with Crippen LogP contribution in [0, 0.1) is 5.82 Å². The van der Waals surface area contributed by atoms with E-state index in [9.17, 15) is 15.0 Å². The molecule has 0 bridgehead atoms. The summed E-state index contributed by atoms with van der Waals surface area (Å²) in [6, 6.07) is 2.42. The number of urea groups is 1. The van der Waals surface area contributed by atoms with Gasteiger partial charge in [0, 0.05) is 36.0 Å². The number of nitrogens with one attached hydrogen (secondary N) is 1. The predicted octanol–water partition coefficient (Wildman–Crippen LogP) is 4.32. The van der Waals surface area contributed by atoms with E-state index in [1.54, 1.807) is 18.0 Å². The number of hydrogen-bond donors (Lipinski definition) is 3. The Morgan fingerprint density at radius 2 is 1.91 bits per heavy atom. The van der Waals surface area contributed by atoms with Crippen LogP contribution in [0.15, 0.2) is 18.3 Å². The highest BCUT2D eigenvalue weighted by Crippen LogP contribution is 2.40. The van der Waals surface area contributed by atoms with Gasteiger partial charge in [-0.15, -0.1) is 0 Å². The number of aromatic nitrogens is 2. The summed E-state index contributed by atoms with van der Waals surface area (Å²) in [5.41, 5.74) is 0.678. The van der Waals surface area contributed by atoms with Gasteiger partial charge in [-0.2, -0.15) is 4.98 Å². The van der Waals surface area contributed by atoms with Crippen molar-refractivity contribution in [3.05, 3.63) is 29.7 Å². The Balaban J connectivity index is 1.49. The maximum absolute atomic E-state index is 15.0. The first-order valence-electron chi connectivity index (χ1n) is 12.5. The lowest BCUT2D eigenvalue weighted by atomic mass is 9.93. The van der Waals surface area contributed by atoms with Gasteiger partial charge in [-0.1, -0.05) is 12.8 Å². The van der Waals surface area contributed by atoms with Crippen LogP contribution in [0.3, 0.4) is 0 Å². The molecule has 5 rings (SSSR count). The molecule has 0 spiro atoms. The minimum absolute atomic E-state index is 0.0324. The molecule has 0 radical (unpaired) electrons. The van der Waals surface area contributed by atoms with E-state index >= 15 is 4.39 Å². The molecule has 0 saturated heterocycles. The van der Waals surface area contributed by atoms with Crippen LogP contribution in [0.25, 0.3) is 0 Å². The van der Waals surface area contributed by atoms with Crippen molar-refractivity contribution in [1.82, 2.24) is 9.97 Å². The van der Waals surface area contributed by atoms with Crippen molar-refractivity contribution in [3.63, 3.8) is 0 Å². The number of halogens is 1. The van der Waals surface area contributed by atoms with Crippen LogP contribution >= 0.6 is 0 Å². The quantitative estimate of drug-likeness (QED) is 0.559. The molecule has 188 valence electrons. The van der Waals surface area contributed by atoms with Crippen LogP contribution < -0.4 is 19.9 Å². The van der Waals surface area contributed by atoms with Crippen molar-refractivity contribution in [2.75, 3.05) is 21.7 Å². The fourth-order valence-electron chi connectivity index (χ4n) is 5.34. The van der Waals surface area contributed by atoms with Gasteiger partial charge in [0.1, 0.15) is 11.6 Å². The highest BCUT2D eigenvalue weighted by Gasteiger charge is 2.40. The molecule has 1 aromatic carbocycles. The molecule has 2 amide bonds. The summed E-state index contributed by atoms with van der Waals surface area (Å²) in [6.45, 7) is 2.22. The van der Waals surface area contributed by atoms with Crippen molar-refractivity contribution in [2.45, 2.75) is 83.0 Å². The second-order valence-electron chi connectivity index (χ2n) is 9.58. The molecule has 9 nitrogen and oxygen atoms in total. The number of carbonyl (C=O) groups is 1. The lowest BCUT2D eigenvalue weighted by Gasteiger charge is -2.39. The topological polar surface area (TPSA) is 111 Å². The number of benzene rings is 1. The molecule has 2 aromatic rings. The Hall–Kier alpha value is -3.14. The normalized spacial score (nSPS) is 22.9. The van der Waals surface area contributed by atoms with Crippen molar-refractivity contribution >= 4 is 23.5 Å². The van der Waals surface area contributed by atoms with E-state index < -0.39 is 11.6 Å². The second kappa shape index (κ2) is 9.85. The Morgan fingerprint density at radius 3 is 2.63 bits per heavy atom. The minimum Gasteiger partial charge on any atom is -0.505 e. The molecule has 2 heterocycles. The fraction of sp³-hybridized carbons (Fsp3) is 0.560. The fourth-order valence-corrected chi connectivity index (χ4v) is 5.34. The highest BCUT2D eigenvalue weighted by molar-refractivity contribution is 6.06. The van der Waals surface area contributed by atoms with Crippen LogP contribution in [0.1, 0.15) is 63.9 Å². The van der Waals surface area contributed by atoms with Crippen LogP contribution in [0.5, 0.6) is 11.5 Å². The Bertz CT molecular complexity index is 1090. The molecule has 2 saturated carbocycles. The molecule has 1 aliphatic heterocycles. The van der Waals surface area contributed by atoms with E-state index in [4.69, 9.17) is 9.72 Å². The zero-order chi connectivity index (χ0) is 24.5. The zero-order valence-corrected chi connectivity index (χ0v) is 19.9. The first kappa shape index (κ1) is 23.6. The SMILES string of the molecule is CCOc1cc(O)c(F)c(N2Cc3cnc(NC4CCC(O)CC4)nc3N(C3CCCC3)C2=O)c1.